The number of H-pyrrole nitrogens is 1. The van der Waals surface area contributed by atoms with Crippen molar-refractivity contribution in [2.45, 2.75) is 29.7 Å². The highest BCUT2D eigenvalue weighted by Crippen LogP contribution is 2.32. The number of anilines is 1. The molecule has 0 atom stereocenters. The first-order valence-corrected chi connectivity index (χ1v) is 6.72. The van der Waals surface area contributed by atoms with Gasteiger partial charge in [-0.25, -0.2) is 13.8 Å². The SMILES string of the molecule is CC(C)c1nc(Sc2c(F)cc(N)cc2F)cc(=O)[nH]1. The van der Waals surface area contributed by atoms with E-state index < -0.39 is 11.6 Å². The van der Waals surface area contributed by atoms with Crippen LogP contribution < -0.4 is 11.3 Å². The Balaban J connectivity index is 2.43. The van der Waals surface area contributed by atoms with Crippen LogP contribution in [0.3, 0.4) is 0 Å². The summed E-state index contributed by atoms with van der Waals surface area (Å²) in [6, 6.07) is 3.26. The van der Waals surface area contributed by atoms with Crippen molar-refractivity contribution in [2.75, 3.05) is 5.73 Å². The van der Waals surface area contributed by atoms with Gasteiger partial charge in [-0.05, 0) is 12.1 Å². The highest BCUT2D eigenvalue weighted by Gasteiger charge is 2.14. The van der Waals surface area contributed by atoms with E-state index in [1.165, 1.54) is 6.07 Å². The number of benzene rings is 1. The molecule has 2 aromatic rings. The van der Waals surface area contributed by atoms with Gasteiger partial charge in [0.15, 0.2) is 0 Å². The number of aromatic amines is 1. The van der Waals surface area contributed by atoms with Crippen molar-refractivity contribution >= 4 is 17.4 Å². The Labute approximate surface area is 118 Å². The molecule has 1 aromatic heterocycles. The Morgan fingerprint density at radius 1 is 1.25 bits per heavy atom. The molecular formula is C13H13F2N3OS. The van der Waals surface area contributed by atoms with E-state index in [0.717, 1.165) is 23.9 Å². The number of nitrogens with two attached hydrogens (primary N) is 1. The molecule has 0 fully saturated rings. The Morgan fingerprint density at radius 2 is 1.85 bits per heavy atom. The van der Waals surface area contributed by atoms with E-state index in [-0.39, 0.29) is 27.1 Å². The summed E-state index contributed by atoms with van der Waals surface area (Å²) in [6.07, 6.45) is 0. The molecule has 106 valence electrons. The summed E-state index contributed by atoms with van der Waals surface area (Å²) >= 11 is 0.759. The van der Waals surface area contributed by atoms with Gasteiger partial charge in [0.1, 0.15) is 22.5 Å². The number of hydrogen-bond donors (Lipinski definition) is 2. The van der Waals surface area contributed by atoms with Gasteiger partial charge in [-0.15, -0.1) is 0 Å². The summed E-state index contributed by atoms with van der Waals surface area (Å²) in [6.45, 7) is 3.72. The van der Waals surface area contributed by atoms with Crippen molar-refractivity contribution in [3.05, 3.63) is 46.0 Å². The molecule has 0 aliphatic carbocycles. The third kappa shape index (κ3) is 3.16. The van der Waals surface area contributed by atoms with Crippen molar-refractivity contribution in [1.29, 1.82) is 0 Å². The van der Waals surface area contributed by atoms with Gasteiger partial charge in [0.25, 0.3) is 5.56 Å². The van der Waals surface area contributed by atoms with Gasteiger partial charge in [0.05, 0.1) is 4.90 Å². The molecule has 0 amide bonds. The lowest BCUT2D eigenvalue weighted by molar-refractivity contribution is 0.541. The van der Waals surface area contributed by atoms with Crippen LogP contribution in [0.5, 0.6) is 0 Å². The number of hydrogen-bond acceptors (Lipinski definition) is 4. The lowest BCUT2D eigenvalue weighted by atomic mass is 10.2. The third-order valence-corrected chi connectivity index (χ3v) is 3.52. The third-order valence-electron chi connectivity index (χ3n) is 2.51. The largest absolute Gasteiger partial charge is 0.399 e. The zero-order chi connectivity index (χ0) is 14.9. The van der Waals surface area contributed by atoms with Crippen LogP contribution in [0.25, 0.3) is 0 Å². The summed E-state index contributed by atoms with van der Waals surface area (Å²) in [5.41, 5.74) is 5.00. The highest BCUT2D eigenvalue weighted by atomic mass is 32.2. The van der Waals surface area contributed by atoms with Gasteiger partial charge in [-0.2, -0.15) is 0 Å². The molecule has 0 saturated carbocycles. The summed E-state index contributed by atoms with van der Waals surface area (Å²) in [5, 5.41) is 0.236. The van der Waals surface area contributed by atoms with Crippen LogP contribution in [-0.2, 0) is 0 Å². The lowest BCUT2D eigenvalue weighted by Crippen LogP contribution is -2.12. The number of halogens is 2. The summed E-state index contributed by atoms with van der Waals surface area (Å²) in [4.78, 5) is 18.0. The Bertz CT molecular complexity index is 677. The maximum atomic E-state index is 13.7. The van der Waals surface area contributed by atoms with Gasteiger partial charge in [0, 0.05) is 17.7 Å². The van der Waals surface area contributed by atoms with Crippen LogP contribution in [0, 0.1) is 11.6 Å². The molecule has 0 saturated heterocycles. The molecule has 0 radical (unpaired) electrons. The van der Waals surface area contributed by atoms with E-state index in [1.807, 2.05) is 13.8 Å². The molecule has 3 N–H and O–H groups in total. The van der Waals surface area contributed by atoms with Crippen LogP contribution in [0.4, 0.5) is 14.5 Å². The van der Waals surface area contributed by atoms with Crippen molar-refractivity contribution in [3.63, 3.8) is 0 Å². The average molecular weight is 297 g/mol. The fraction of sp³-hybridized carbons (Fsp3) is 0.231. The van der Waals surface area contributed by atoms with Crippen LogP contribution in [-0.4, -0.2) is 9.97 Å². The number of nitrogens with zero attached hydrogens (tertiary/aromatic N) is 1. The van der Waals surface area contributed by atoms with Crippen molar-refractivity contribution in [3.8, 4) is 0 Å². The molecule has 1 aromatic carbocycles. The predicted octanol–water partition coefficient (Wildman–Crippen LogP) is 2.90. The molecular weight excluding hydrogens is 284 g/mol. The topological polar surface area (TPSA) is 71.8 Å². The molecule has 2 rings (SSSR count). The minimum absolute atomic E-state index is 0.00404. The fourth-order valence-electron chi connectivity index (χ4n) is 1.56. The number of aromatic nitrogens is 2. The molecule has 0 spiro atoms. The van der Waals surface area contributed by atoms with Crippen LogP contribution in [0.15, 0.2) is 32.9 Å². The van der Waals surface area contributed by atoms with Gasteiger partial charge < -0.3 is 10.7 Å². The molecule has 0 aliphatic rings. The van der Waals surface area contributed by atoms with Crippen LogP contribution >= 0.6 is 11.8 Å². The molecule has 0 aliphatic heterocycles. The Morgan fingerprint density at radius 3 is 2.40 bits per heavy atom. The Kier molecular flexibility index (Phi) is 4.08. The second-order valence-corrected chi connectivity index (χ2v) is 5.57. The molecule has 7 heteroatoms. The van der Waals surface area contributed by atoms with Gasteiger partial charge >= 0.3 is 0 Å². The molecule has 4 nitrogen and oxygen atoms in total. The van der Waals surface area contributed by atoms with E-state index in [0.29, 0.717) is 5.82 Å². The average Bonchev–Trinajstić information content (AvgIpc) is 2.33. The quantitative estimate of drug-likeness (QED) is 0.675. The maximum absolute atomic E-state index is 13.7. The number of rotatable bonds is 3. The zero-order valence-electron chi connectivity index (χ0n) is 10.9. The standard InChI is InChI=1S/C13H13F2N3OS/c1-6(2)13-17-10(19)5-11(18-13)20-12-8(14)3-7(16)4-9(12)15/h3-6H,16H2,1-2H3,(H,17,18,19). The van der Waals surface area contributed by atoms with Crippen molar-refractivity contribution in [2.24, 2.45) is 0 Å². The van der Waals surface area contributed by atoms with Gasteiger partial charge in [-0.3, -0.25) is 4.79 Å². The molecule has 1 heterocycles. The number of nitrogen functional groups attached to an aromatic ring is 1. The minimum Gasteiger partial charge on any atom is -0.399 e. The summed E-state index contributed by atoms with van der Waals surface area (Å²) in [5.74, 6) is -1.08. The summed E-state index contributed by atoms with van der Waals surface area (Å²) < 4.78 is 27.4. The second-order valence-electron chi connectivity index (χ2n) is 4.54. The Hall–Kier alpha value is -1.89. The molecule has 20 heavy (non-hydrogen) atoms. The van der Waals surface area contributed by atoms with E-state index in [9.17, 15) is 13.6 Å². The molecule has 0 unspecified atom stereocenters. The first-order chi connectivity index (χ1) is 9.36. The van der Waals surface area contributed by atoms with Crippen molar-refractivity contribution in [1.82, 2.24) is 9.97 Å². The monoisotopic (exact) mass is 297 g/mol. The van der Waals surface area contributed by atoms with Gasteiger partial charge in [0.2, 0.25) is 0 Å². The normalized spacial score (nSPS) is 11.1. The molecule has 0 bridgehead atoms. The lowest BCUT2D eigenvalue weighted by Gasteiger charge is -2.08. The van der Waals surface area contributed by atoms with E-state index in [4.69, 9.17) is 5.73 Å². The maximum Gasteiger partial charge on any atom is 0.252 e. The van der Waals surface area contributed by atoms with Crippen molar-refractivity contribution < 1.29 is 8.78 Å². The minimum atomic E-state index is -0.777. The van der Waals surface area contributed by atoms with E-state index >= 15 is 0 Å². The fourth-order valence-corrected chi connectivity index (χ4v) is 2.39. The smallest absolute Gasteiger partial charge is 0.252 e. The van der Waals surface area contributed by atoms with Crippen LogP contribution in [0.2, 0.25) is 0 Å². The van der Waals surface area contributed by atoms with Gasteiger partial charge in [-0.1, -0.05) is 25.6 Å². The zero-order valence-corrected chi connectivity index (χ0v) is 11.7. The van der Waals surface area contributed by atoms with Crippen LogP contribution in [0.1, 0.15) is 25.6 Å². The summed E-state index contributed by atoms with van der Waals surface area (Å²) in [7, 11) is 0. The second kappa shape index (κ2) is 5.62. The number of nitrogens with one attached hydrogen (secondary N) is 1. The van der Waals surface area contributed by atoms with E-state index in [1.54, 1.807) is 0 Å². The highest BCUT2D eigenvalue weighted by molar-refractivity contribution is 7.99. The first-order valence-electron chi connectivity index (χ1n) is 5.90. The predicted molar refractivity (Wildman–Crippen MR) is 73.8 cm³/mol. The first kappa shape index (κ1) is 14.5. The van der Waals surface area contributed by atoms with E-state index in [2.05, 4.69) is 9.97 Å².